The molecule has 1 rings (SSSR count). The molecule has 7 heteroatoms. The SMILES string of the molecule is CCCCCCCCC(C)n1ccnc1.O=S(=O)(O)O. The molecule has 0 saturated carbocycles. The molecule has 0 radical (unpaired) electrons. The number of nitrogens with zero attached hydrogens (tertiary/aromatic N) is 2. The number of hydrogen-bond acceptors (Lipinski definition) is 3. The molecule has 1 aromatic rings. The van der Waals surface area contributed by atoms with E-state index in [1.54, 1.807) is 0 Å². The summed E-state index contributed by atoms with van der Waals surface area (Å²) in [6.07, 6.45) is 15.4. The topological polar surface area (TPSA) is 92.4 Å². The Hall–Kier alpha value is -0.920. The zero-order chi connectivity index (χ0) is 15.4. The van der Waals surface area contributed by atoms with Crippen molar-refractivity contribution in [3.63, 3.8) is 0 Å². The summed E-state index contributed by atoms with van der Waals surface area (Å²) in [5, 5.41) is 0. The molecular formula is C13H26N2O4S. The van der Waals surface area contributed by atoms with E-state index in [0.29, 0.717) is 6.04 Å². The van der Waals surface area contributed by atoms with E-state index in [9.17, 15) is 0 Å². The maximum atomic E-state index is 8.74. The Morgan fingerprint density at radius 1 is 1.15 bits per heavy atom. The quantitative estimate of drug-likeness (QED) is 0.566. The predicted molar refractivity (Wildman–Crippen MR) is 79.1 cm³/mol. The first kappa shape index (κ1) is 19.1. The summed E-state index contributed by atoms with van der Waals surface area (Å²) >= 11 is 0. The molecule has 0 aliphatic carbocycles. The standard InChI is InChI=1S/C13H24N2.H2O4S/c1-3-4-5-6-7-8-9-13(2)15-11-10-14-12-15;1-5(2,3)4/h10-13H,3-9H2,1-2H3;(H2,1,2,3,4). The van der Waals surface area contributed by atoms with E-state index in [1.807, 2.05) is 12.5 Å². The van der Waals surface area contributed by atoms with Gasteiger partial charge < -0.3 is 4.57 Å². The fourth-order valence-corrected chi connectivity index (χ4v) is 1.90. The van der Waals surface area contributed by atoms with Gasteiger partial charge in [0.25, 0.3) is 0 Å². The van der Waals surface area contributed by atoms with Crippen molar-refractivity contribution in [2.45, 2.75) is 64.8 Å². The van der Waals surface area contributed by atoms with E-state index >= 15 is 0 Å². The average Bonchev–Trinajstić information content (AvgIpc) is 2.85. The molecule has 0 aliphatic heterocycles. The lowest BCUT2D eigenvalue weighted by Gasteiger charge is -2.12. The van der Waals surface area contributed by atoms with Crippen LogP contribution in [0, 0.1) is 0 Å². The largest absolute Gasteiger partial charge is 0.394 e. The summed E-state index contributed by atoms with van der Waals surface area (Å²) in [6.45, 7) is 4.54. The fourth-order valence-electron chi connectivity index (χ4n) is 1.90. The van der Waals surface area contributed by atoms with Crippen molar-refractivity contribution in [2.24, 2.45) is 0 Å². The minimum Gasteiger partial charge on any atom is -0.335 e. The number of unbranched alkanes of at least 4 members (excludes halogenated alkanes) is 5. The Balaban J connectivity index is 0.000000621. The molecule has 0 fully saturated rings. The van der Waals surface area contributed by atoms with Crippen LogP contribution in [0.15, 0.2) is 18.7 Å². The van der Waals surface area contributed by atoms with Gasteiger partial charge in [-0.05, 0) is 13.3 Å². The minimum atomic E-state index is -4.67. The highest BCUT2D eigenvalue weighted by atomic mass is 32.3. The van der Waals surface area contributed by atoms with Gasteiger partial charge in [0.2, 0.25) is 0 Å². The van der Waals surface area contributed by atoms with Gasteiger partial charge in [0.05, 0.1) is 6.33 Å². The van der Waals surface area contributed by atoms with Crippen molar-refractivity contribution in [3.8, 4) is 0 Å². The lowest BCUT2D eigenvalue weighted by Crippen LogP contribution is -2.01. The van der Waals surface area contributed by atoms with Crippen molar-refractivity contribution < 1.29 is 17.5 Å². The van der Waals surface area contributed by atoms with Gasteiger partial charge in [-0.2, -0.15) is 8.42 Å². The van der Waals surface area contributed by atoms with Crippen LogP contribution in [0.1, 0.15) is 64.8 Å². The maximum Gasteiger partial charge on any atom is 0.394 e. The maximum absolute atomic E-state index is 8.74. The molecule has 1 aromatic heterocycles. The molecule has 0 aromatic carbocycles. The summed E-state index contributed by atoms with van der Waals surface area (Å²) in [5.41, 5.74) is 0. The monoisotopic (exact) mass is 306 g/mol. The van der Waals surface area contributed by atoms with Crippen LogP contribution in [0.3, 0.4) is 0 Å². The van der Waals surface area contributed by atoms with Crippen LogP contribution < -0.4 is 0 Å². The molecule has 0 aliphatic rings. The number of aromatic nitrogens is 2. The van der Waals surface area contributed by atoms with E-state index in [2.05, 4.69) is 29.6 Å². The highest BCUT2D eigenvalue weighted by Gasteiger charge is 2.02. The first-order valence-electron chi connectivity index (χ1n) is 7.02. The summed E-state index contributed by atoms with van der Waals surface area (Å²) in [5.74, 6) is 0. The Morgan fingerprint density at radius 2 is 1.70 bits per heavy atom. The molecule has 118 valence electrons. The molecule has 1 heterocycles. The number of imidazole rings is 1. The third kappa shape index (κ3) is 13.5. The fraction of sp³-hybridized carbons (Fsp3) is 0.769. The van der Waals surface area contributed by atoms with Crippen LogP contribution in [-0.4, -0.2) is 27.1 Å². The highest BCUT2D eigenvalue weighted by Crippen LogP contribution is 2.15. The summed E-state index contributed by atoms with van der Waals surface area (Å²) in [7, 11) is -4.67. The first-order chi connectivity index (χ1) is 9.34. The van der Waals surface area contributed by atoms with E-state index in [-0.39, 0.29) is 0 Å². The van der Waals surface area contributed by atoms with Crippen LogP contribution in [0.4, 0.5) is 0 Å². The molecular weight excluding hydrogens is 280 g/mol. The molecule has 20 heavy (non-hydrogen) atoms. The van der Waals surface area contributed by atoms with E-state index in [1.165, 1.54) is 44.9 Å². The van der Waals surface area contributed by atoms with Gasteiger partial charge in [0, 0.05) is 18.4 Å². The Bertz CT molecular complexity index is 410. The molecule has 0 amide bonds. The van der Waals surface area contributed by atoms with Crippen LogP contribution in [0.2, 0.25) is 0 Å². The second kappa shape index (κ2) is 10.8. The molecule has 0 spiro atoms. The Morgan fingerprint density at radius 3 is 2.20 bits per heavy atom. The van der Waals surface area contributed by atoms with Crippen molar-refractivity contribution in [2.75, 3.05) is 0 Å². The van der Waals surface area contributed by atoms with Gasteiger partial charge in [-0.25, -0.2) is 4.98 Å². The van der Waals surface area contributed by atoms with Crippen molar-refractivity contribution in [3.05, 3.63) is 18.7 Å². The summed E-state index contributed by atoms with van der Waals surface area (Å²) < 4.78 is 33.8. The number of hydrogen-bond donors (Lipinski definition) is 2. The minimum absolute atomic E-state index is 0.610. The molecule has 6 nitrogen and oxygen atoms in total. The van der Waals surface area contributed by atoms with Crippen LogP contribution >= 0.6 is 0 Å². The first-order valence-corrected chi connectivity index (χ1v) is 8.41. The third-order valence-corrected chi connectivity index (χ3v) is 3.01. The van der Waals surface area contributed by atoms with Crippen LogP contribution in [-0.2, 0) is 10.4 Å². The summed E-state index contributed by atoms with van der Waals surface area (Å²) in [4.78, 5) is 4.07. The van der Waals surface area contributed by atoms with Crippen LogP contribution in [0.25, 0.3) is 0 Å². The van der Waals surface area contributed by atoms with Gasteiger partial charge in [-0.1, -0.05) is 45.4 Å². The Kier molecular flexibility index (Phi) is 10.3. The second-order valence-corrected chi connectivity index (χ2v) is 5.76. The predicted octanol–water partition coefficient (Wildman–Crippen LogP) is 3.54. The zero-order valence-electron chi connectivity index (χ0n) is 12.3. The van der Waals surface area contributed by atoms with Crippen molar-refractivity contribution in [1.29, 1.82) is 0 Å². The molecule has 1 atom stereocenters. The lowest BCUT2D eigenvalue weighted by molar-refractivity contribution is 0.381. The lowest BCUT2D eigenvalue weighted by atomic mass is 10.1. The van der Waals surface area contributed by atoms with Crippen molar-refractivity contribution in [1.82, 2.24) is 9.55 Å². The van der Waals surface area contributed by atoms with Crippen molar-refractivity contribution >= 4 is 10.4 Å². The normalized spacial score (nSPS) is 12.6. The van der Waals surface area contributed by atoms with E-state index in [0.717, 1.165) is 0 Å². The van der Waals surface area contributed by atoms with Gasteiger partial charge >= 0.3 is 10.4 Å². The second-order valence-electron chi connectivity index (χ2n) is 4.86. The van der Waals surface area contributed by atoms with E-state index < -0.39 is 10.4 Å². The summed E-state index contributed by atoms with van der Waals surface area (Å²) in [6, 6.07) is 0.610. The van der Waals surface area contributed by atoms with Gasteiger partial charge in [-0.15, -0.1) is 0 Å². The smallest absolute Gasteiger partial charge is 0.335 e. The zero-order valence-corrected chi connectivity index (χ0v) is 13.1. The van der Waals surface area contributed by atoms with Gasteiger partial charge in [-0.3, -0.25) is 9.11 Å². The molecule has 0 bridgehead atoms. The van der Waals surface area contributed by atoms with Crippen LogP contribution in [0.5, 0.6) is 0 Å². The number of rotatable bonds is 8. The molecule has 1 unspecified atom stereocenters. The highest BCUT2D eigenvalue weighted by molar-refractivity contribution is 7.79. The van der Waals surface area contributed by atoms with Gasteiger partial charge in [0.1, 0.15) is 0 Å². The third-order valence-electron chi connectivity index (χ3n) is 3.01. The average molecular weight is 306 g/mol. The van der Waals surface area contributed by atoms with E-state index in [4.69, 9.17) is 17.5 Å². The molecule has 0 saturated heterocycles. The van der Waals surface area contributed by atoms with Gasteiger partial charge in [0.15, 0.2) is 0 Å². The molecule has 2 N–H and O–H groups in total. The Labute approximate surface area is 121 Å².